The Morgan fingerprint density at radius 3 is 2.68 bits per heavy atom. The van der Waals surface area contributed by atoms with E-state index in [0.717, 1.165) is 40.0 Å². The molecule has 0 aliphatic carbocycles. The second-order valence-electron chi connectivity index (χ2n) is 5.00. The number of aromatic nitrogens is 1. The fraction of sp³-hybridized carbons (Fsp3) is 0.412. The molecule has 0 unspecified atom stereocenters. The largest absolute Gasteiger partial charge is 0.497 e. The molecule has 0 saturated heterocycles. The summed E-state index contributed by atoms with van der Waals surface area (Å²) in [6, 6.07) is 7.84. The lowest BCUT2D eigenvalue weighted by Crippen LogP contribution is -2.31. The van der Waals surface area contributed by atoms with Crippen LogP contribution < -0.4 is 4.74 Å². The minimum Gasteiger partial charge on any atom is -0.497 e. The summed E-state index contributed by atoms with van der Waals surface area (Å²) in [6.45, 7) is 7.46. The first-order valence-corrected chi connectivity index (χ1v) is 8.29. The number of carbonyl (C=O) groups excluding carboxylic acids is 1. The van der Waals surface area contributed by atoms with Gasteiger partial charge in [0.1, 0.15) is 10.8 Å². The van der Waals surface area contributed by atoms with Gasteiger partial charge in [-0.1, -0.05) is 12.1 Å². The van der Waals surface area contributed by atoms with E-state index in [1.807, 2.05) is 49.9 Å². The molecule has 1 heterocycles. The van der Waals surface area contributed by atoms with Gasteiger partial charge in [-0.25, -0.2) is 4.98 Å². The fourth-order valence-corrected chi connectivity index (χ4v) is 3.35. The summed E-state index contributed by atoms with van der Waals surface area (Å²) in [5.41, 5.74) is 1.96. The van der Waals surface area contributed by atoms with E-state index in [0.29, 0.717) is 6.42 Å². The van der Waals surface area contributed by atoms with Crippen molar-refractivity contribution < 1.29 is 9.53 Å². The summed E-state index contributed by atoms with van der Waals surface area (Å²) in [5, 5.41) is 0.929. The van der Waals surface area contributed by atoms with Crippen molar-refractivity contribution >= 4 is 17.2 Å². The van der Waals surface area contributed by atoms with Crippen molar-refractivity contribution in [2.24, 2.45) is 0 Å². The van der Waals surface area contributed by atoms with Crippen LogP contribution in [0.15, 0.2) is 24.3 Å². The standard InChI is InChI=1S/C17H22N2O2S/c1-5-19(6-2)16(20)11-15-12(3)18-17(22-15)13-8-7-9-14(10-13)21-4/h7-10H,5-6,11H2,1-4H3. The molecule has 0 aliphatic rings. The number of amides is 1. The average molecular weight is 318 g/mol. The van der Waals surface area contributed by atoms with E-state index in [1.54, 1.807) is 18.4 Å². The van der Waals surface area contributed by atoms with Gasteiger partial charge in [0.05, 0.1) is 19.2 Å². The van der Waals surface area contributed by atoms with Crippen molar-refractivity contribution in [3.8, 4) is 16.3 Å². The zero-order valence-corrected chi connectivity index (χ0v) is 14.4. The van der Waals surface area contributed by atoms with Crippen LogP contribution in [0.3, 0.4) is 0 Å². The van der Waals surface area contributed by atoms with E-state index >= 15 is 0 Å². The van der Waals surface area contributed by atoms with Crippen LogP contribution in [0, 0.1) is 6.92 Å². The highest BCUT2D eigenvalue weighted by Crippen LogP contribution is 2.30. The summed E-state index contributed by atoms with van der Waals surface area (Å²) in [7, 11) is 1.65. The number of nitrogens with zero attached hydrogens (tertiary/aromatic N) is 2. The summed E-state index contributed by atoms with van der Waals surface area (Å²) in [5.74, 6) is 0.972. The molecule has 1 amide bonds. The molecular formula is C17H22N2O2S. The molecule has 4 nitrogen and oxygen atoms in total. The molecule has 2 rings (SSSR count). The van der Waals surface area contributed by atoms with E-state index in [4.69, 9.17) is 4.74 Å². The number of hydrogen-bond acceptors (Lipinski definition) is 4. The third kappa shape index (κ3) is 3.65. The molecule has 0 aliphatic heterocycles. The van der Waals surface area contributed by atoms with Crippen molar-refractivity contribution in [1.82, 2.24) is 9.88 Å². The molecular weight excluding hydrogens is 296 g/mol. The molecule has 1 aromatic carbocycles. The van der Waals surface area contributed by atoms with E-state index in [-0.39, 0.29) is 5.91 Å². The van der Waals surface area contributed by atoms with Gasteiger partial charge in [-0.2, -0.15) is 0 Å². The Balaban J connectivity index is 2.22. The minimum atomic E-state index is 0.161. The quantitative estimate of drug-likeness (QED) is 0.818. The number of thiazole rings is 1. The second-order valence-corrected chi connectivity index (χ2v) is 6.09. The van der Waals surface area contributed by atoms with Crippen LogP contribution in [-0.4, -0.2) is 36.0 Å². The van der Waals surface area contributed by atoms with Crippen LogP contribution in [0.1, 0.15) is 24.4 Å². The van der Waals surface area contributed by atoms with Crippen LogP contribution in [0.4, 0.5) is 0 Å². The molecule has 0 atom stereocenters. The number of benzene rings is 1. The van der Waals surface area contributed by atoms with E-state index < -0.39 is 0 Å². The maximum atomic E-state index is 12.3. The van der Waals surface area contributed by atoms with Crippen LogP contribution >= 0.6 is 11.3 Å². The molecule has 0 spiro atoms. The Bertz CT molecular complexity index is 648. The second kappa shape index (κ2) is 7.40. The monoisotopic (exact) mass is 318 g/mol. The number of aryl methyl sites for hydroxylation is 1. The summed E-state index contributed by atoms with van der Waals surface area (Å²) in [4.78, 5) is 19.8. The van der Waals surface area contributed by atoms with E-state index in [9.17, 15) is 4.79 Å². The molecule has 0 saturated carbocycles. The van der Waals surface area contributed by atoms with Crippen molar-refractivity contribution in [3.63, 3.8) is 0 Å². The Morgan fingerprint density at radius 2 is 2.05 bits per heavy atom. The Morgan fingerprint density at radius 1 is 1.32 bits per heavy atom. The number of carbonyl (C=O) groups is 1. The lowest BCUT2D eigenvalue weighted by Gasteiger charge is -2.18. The molecule has 5 heteroatoms. The van der Waals surface area contributed by atoms with Gasteiger partial charge in [-0.15, -0.1) is 11.3 Å². The molecule has 0 radical (unpaired) electrons. The number of ether oxygens (including phenoxy) is 1. The molecule has 0 N–H and O–H groups in total. The van der Waals surface area contributed by atoms with Gasteiger partial charge in [-0.05, 0) is 32.9 Å². The predicted octanol–water partition coefficient (Wildman–Crippen LogP) is 3.54. The highest BCUT2D eigenvalue weighted by molar-refractivity contribution is 7.15. The molecule has 0 bridgehead atoms. The lowest BCUT2D eigenvalue weighted by molar-refractivity contribution is -0.130. The Hall–Kier alpha value is -1.88. The molecule has 118 valence electrons. The third-order valence-electron chi connectivity index (χ3n) is 3.64. The van der Waals surface area contributed by atoms with Gasteiger partial charge < -0.3 is 9.64 Å². The molecule has 0 fully saturated rings. The maximum absolute atomic E-state index is 12.3. The fourth-order valence-electron chi connectivity index (χ4n) is 2.30. The maximum Gasteiger partial charge on any atom is 0.227 e. The van der Waals surface area contributed by atoms with Crippen molar-refractivity contribution in [3.05, 3.63) is 34.8 Å². The Kier molecular flexibility index (Phi) is 5.55. The number of hydrogen-bond donors (Lipinski definition) is 0. The van der Waals surface area contributed by atoms with Crippen LogP contribution in [-0.2, 0) is 11.2 Å². The molecule has 22 heavy (non-hydrogen) atoms. The number of methoxy groups -OCH3 is 1. The Labute approximate surface area is 135 Å². The van der Waals surface area contributed by atoms with Crippen LogP contribution in [0.25, 0.3) is 10.6 Å². The highest BCUT2D eigenvalue weighted by Gasteiger charge is 2.16. The summed E-state index contributed by atoms with van der Waals surface area (Å²) < 4.78 is 5.25. The SMILES string of the molecule is CCN(CC)C(=O)Cc1sc(-c2cccc(OC)c2)nc1C. The van der Waals surface area contributed by atoms with Gasteiger partial charge in [0, 0.05) is 23.5 Å². The number of likely N-dealkylation sites (N-methyl/N-ethyl adjacent to an activating group) is 1. The van der Waals surface area contributed by atoms with Gasteiger partial charge in [0.2, 0.25) is 5.91 Å². The zero-order valence-electron chi connectivity index (χ0n) is 13.5. The van der Waals surface area contributed by atoms with Gasteiger partial charge in [-0.3, -0.25) is 4.79 Å². The number of rotatable bonds is 6. The van der Waals surface area contributed by atoms with E-state index in [2.05, 4.69) is 4.98 Å². The van der Waals surface area contributed by atoms with Crippen LogP contribution in [0.5, 0.6) is 5.75 Å². The third-order valence-corrected chi connectivity index (χ3v) is 4.84. The predicted molar refractivity (Wildman–Crippen MR) is 90.5 cm³/mol. The van der Waals surface area contributed by atoms with Crippen molar-refractivity contribution in [2.75, 3.05) is 20.2 Å². The van der Waals surface area contributed by atoms with Gasteiger partial charge in [0.15, 0.2) is 0 Å². The van der Waals surface area contributed by atoms with E-state index in [1.165, 1.54) is 0 Å². The average Bonchev–Trinajstić information content (AvgIpc) is 2.89. The first-order chi connectivity index (χ1) is 10.6. The summed E-state index contributed by atoms with van der Waals surface area (Å²) >= 11 is 1.58. The first-order valence-electron chi connectivity index (χ1n) is 7.47. The zero-order chi connectivity index (χ0) is 16.1. The smallest absolute Gasteiger partial charge is 0.227 e. The molecule has 2 aromatic rings. The summed E-state index contributed by atoms with van der Waals surface area (Å²) in [6.07, 6.45) is 0.426. The van der Waals surface area contributed by atoms with Crippen molar-refractivity contribution in [1.29, 1.82) is 0 Å². The minimum absolute atomic E-state index is 0.161. The topological polar surface area (TPSA) is 42.4 Å². The molecule has 1 aromatic heterocycles. The first kappa shape index (κ1) is 16.5. The van der Waals surface area contributed by atoms with Gasteiger partial charge in [0.25, 0.3) is 0 Å². The lowest BCUT2D eigenvalue weighted by atomic mass is 10.2. The normalized spacial score (nSPS) is 10.5. The van der Waals surface area contributed by atoms with Crippen LogP contribution in [0.2, 0.25) is 0 Å². The van der Waals surface area contributed by atoms with Crippen molar-refractivity contribution in [2.45, 2.75) is 27.2 Å². The van der Waals surface area contributed by atoms with Gasteiger partial charge >= 0.3 is 0 Å². The highest BCUT2D eigenvalue weighted by atomic mass is 32.1.